The number of hydrogen-bond donors (Lipinski definition) is 1. The van der Waals surface area contributed by atoms with Crippen LogP contribution in [0.3, 0.4) is 0 Å². The van der Waals surface area contributed by atoms with Crippen LogP contribution in [0.4, 0.5) is 0 Å². The summed E-state index contributed by atoms with van der Waals surface area (Å²) in [4.78, 5) is 56.2. The third-order valence-electron chi connectivity index (χ3n) is 4.39. The third kappa shape index (κ3) is 34.9. The summed E-state index contributed by atoms with van der Waals surface area (Å²) >= 11 is 13.8. The van der Waals surface area contributed by atoms with Crippen LogP contribution in [0.15, 0.2) is 48.5 Å². The number of esters is 2. The van der Waals surface area contributed by atoms with E-state index in [0.717, 1.165) is 5.33 Å². The number of nitrogens with zero attached hydrogens (tertiary/aromatic N) is 1. The number of benzene rings is 2. The van der Waals surface area contributed by atoms with E-state index in [1.165, 1.54) is 45.4 Å². The van der Waals surface area contributed by atoms with E-state index in [9.17, 15) is 19.2 Å². The Morgan fingerprint density at radius 3 is 1.50 bits per heavy atom. The average molecular weight is 804 g/mol. The summed E-state index contributed by atoms with van der Waals surface area (Å²) in [7, 11) is 2.59. The normalized spacial score (nSPS) is 8.30. The molecule has 0 aromatic heterocycles. The van der Waals surface area contributed by atoms with Gasteiger partial charge in [0.1, 0.15) is 18.1 Å². The zero-order valence-corrected chi connectivity index (χ0v) is 35.8. The summed E-state index contributed by atoms with van der Waals surface area (Å²) in [6.45, 7) is 1.68. The fourth-order valence-electron chi connectivity index (χ4n) is 2.46. The topological polar surface area (TPSA) is 189 Å². The number of nitriles is 1. The number of carbonyl (C=O) groups is 5. The Balaban J connectivity index is -0.000000131. The van der Waals surface area contributed by atoms with Crippen molar-refractivity contribution in [1.29, 1.82) is 5.26 Å². The van der Waals surface area contributed by atoms with Crippen molar-refractivity contribution in [3.63, 3.8) is 0 Å². The number of phenols is 1. The molecule has 0 fully saturated rings. The van der Waals surface area contributed by atoms with Crippen molar-refractivity contribution in [2.24, 2.45) is 0 Å². The van der Waals surface area contributed by atoms with Crippen molar-refractivity contribution in [1.82, 2.24) is 0 Å². The summed E-state index contributed by atoms with van der Waals surface area (Å²) in [6.07, 6.45) is 0.446. The van der Waals surface area contributed by atoms with Gasteiger partial charge in [-0.05, 0) is 48.5 Å². The zero-order chi connectivity index (χ0) is 34.2. The van der Waals surface area contributed by atoms with Crippen molar-refractivity contribution in [2.75, 3.05) is 37.9 Å². The van der Waals surface area contributed by atoms with Crippen molar-refractivity contribution < 1.29 is 158 Å². The number of methoxy groups -OCH3 is 2. The van der Waals surface area contributed by atoms with E-state index in [4.69, 9.17) is 48.4 Å². The fraction of sp³-hybridized carbons (Fsp3) is 0.379. The number of carbonyl (C=O) groups excluding carboxylic acids is 5. The molecule has 2 rings (SSSR count). The van der Waals surface area contributed by atoms with E-state index in [2.05, 4.69) is 30.3 Å². The Labute approximate surface area is 374 Å². The molecule has 17 heteroatoms. The molecule has 246 valence electrons. The van der Waals surface area contributed by atoms with Crippen molar-refractivity contribution >= 4 is 69.1 Å². The number of alkyl halides is 3. The molecule has 0 unspecified atom stereocenters. The van der Waals surface area contributed by atoms with Crippen molar-refractivity contribution in [2.45, 2.75) is 32.6 Å². The summed E-state index contributed by atoms with van der Waals surface area (Å²) in [5, 5.41) is 25.7. The summed E-state index contributed by atoms with van der Waals surface area (Å²) in [5.74, 6) is 0.886. The number of aromatic hydroxyl groups is 1. The second kappa shape index (κ2) is 40.7. The minimum atomic E-state index is -0.401. The Hall–Kier alpha value is -0.427. The number of phenolic OH excluding ortho intramolecular Hbond substituents is 1. The van der Waals surface area contributed by atoms with Gasteiger partial charge in [0.15, 0.2) is 11.6 Å². The molecule has 0 amide bonds. The van der Waals surface area contributed by atoms with Crippen molar-refractivity contribution in [3.8, 4) is 17.6 Å². The van der Waals surface area contributed by atoms with E-state index in [-0.39, 0.29) is 160 Å². The van der Waals surface area contributed by atoms with Crippen molar-refractivity contribution in [3.05, 3.63) is 59.7 Å². The number of ether oxygens (including phenoxy) is 3. The minimum Gasteiger partial charge on any atom is -1.00 e. The SMILES string of the molecule is CC#N.COC(=O)CCC(=O)c1ccc(O)cc1.COC(=O)CCC(=O)c1ccc(OCCCl)cc1.ClCCBr.O=CO[O-].[H-].[K+].[K+]. The van der Waals surface area contributed by atoms with Gasteiger partial charge >= 0.3 is 115 Å². The second-order valence-corrected chi connectivity index (χ2v) is 8.95. The molecule has 0 bridgehead atoms. The van der Waals surface area contributed by atoms with Crippen LogP contribution in [0.2, 0.25) is 0 Å². The molecule has 0 atom stereocenters. The van der Waals surface area contributed by atoms with Gasteiger partial charge in [-0.2, -0.15) is 5.26 Å². The van der Waals surface area contributed by atoms with E-state index < -0.39 is 5.97 Å². The van der Waals surface area contributed by atoms with Gasteiger partial charge in [0.25, 0.3) is 6.47 Å². The van der Waals surface area contributed by atoms with E-state index in [1.807, 2.05) is 0 Å². The first-order valence-electron chi connectivity index (χ1n) is 12.5. The van der Waals surface area contributed by atoms with Gasteiger partial charge in [-0.1, -0.05) is 15.9 Å². The predicted molar refractivity (Wildman–Crippen MR) is 166 cm³/mol. The molecule has 46 heavy (non-hydrogen) atoms. The van der Waals surface area contributed by atoms with Crippen LogP contribution in [-0.2, 0) is 28.7 Å². The van der Waals surface area contributed by atoms with E-state index >= 15 is 0 Å². The molecule has 0 radical (unpaired) electrons. The molecule has 0 heterocycles. The number of rotatable bonds is 13. The first-order chi connectivity index (χ1) is 21.0. The molecular weight excluding hydrogens is 767 g/mol. The van der Waals surface area contributed by atoms with Crippen LogP contribution < -0.4 is 113 Å². The molecule has 2 aromatic carbocycles. The number of ketones is 2. The maximum absolute atomic E-state index is 11.7. The first-order valence-corrected chi connectivity index (χ1v) is 14.7. The number of halogens is 3. The third-order valence-corrected chi connectivity index (χ3v) is 5.59. The van der Waals surface area contributed by atoms with Gasteiger partial charge in [0.05, 0.1) is 39.0 Å². The van der Waals surface area contributed by atoms with Crippen LogP contribution in [0.25, 0.3) is 0 Å². The molecule has 0 saturated carbocycles. The Bertz CT molecular complexity index is 1130. The largest absolute Gasteiger partial charge is 1.00 e. The summed E-state index contributed by atoms with van der Waals surface area (Å²) in [6, 6.07) is 14.4. The van der Waals surface area contributed by atoms with Crippen LogP contribution in [-0.4, -0.2) is 73.0 Å². The Kier molecular flexibility index (Phi) is 48.7. The Morgan fingerprint density at radius 2 is 1.22 bits per heavy atom. The van der Waals surface area contributed by atoms with Crippen LogP contribution in [0, 0.1) is 11.3 Å². The van der Waals surface area contributed by atoms with Crippen LogP contribution in [0.5, 0.6) is 11.5 Å². The minimum absolute atomic E-state index is 0. The summed E-state index contributed by atoms with van der Waals surface area (Å²) < 4.78 is 14.2. The molecule has 12 nitrogen and oxygen atoms in total. The monoisotopic (exact) mass is 801 g/mol. The smallest absolute Gasteiger partial charge is 1.00 e. The molecule has 1 N–H and O–H groups in total. The zero-order valence-electron chi connectivity index (χ0n) is 27.5. The standard InChI is InChI=1S/C13H15ClO4.C11H12O4.C2H4BrCl.C2H3N.CH2O3.2K.H/c1-17-13(16)7-6-12(15)10-2-4-11(5-3-10)18-9-8-14;1-15-11(14)7-6-10(13)8-2-4-9(12)5-3-8;3-1-2-4;1-2-3;2-1-4-3;;;/h2-5H,6-9H2,1H3;2-5,12H,6-7H2,1H3;1-2H2;1H3;1,3H;;;/q;;;;;2*+1;-1/p-1. The number of hydrogen-bond acceptors (Lipinski definition) is 12. The predicted octanol–water partition coefficient (Wildman–Crippen LogP) is -1.33. The van der Waals surface area contributed by atoms with Gasteiger partial charge < -0.3 is 30.9 Å². The van der Waals surface area contributed by atoms with Crippen LogP contribution >= 0.6 is 39.1 Å². The number of Topliss-reactive ketones (excluding diaryl/α,β-unsaturated/α-hetero) is 2. The molecule has 0 aliphatic rings. The quantitative estimate of drug-likeness (QED) is 0.0479. The first kappa shape index (κ1) is 55.0. The van der Waals surface area contributed by atoms with Gasteiger partial charge in [-0.3, -0.25) is 24.0 Å². The molecule has 0 saturated heterocycles. The second-order valence-electron chi connectivity index (χ2n) is 7.40. The van der Waals surface area contributed by atoms with Gasteiger partial charge in [-0.15, -0.1) is 23.2 Å². The molecule has 0 spiro atoms. The summed E-state index contributed by atoms with van der Waals surface area (Å²) in [5.41, 5.74) is 1.04. The van der Waals surface area contributed by atoms with E-state index in [0.29, 0.717) is 35.2 Å². The van der Waals surface area contributed by atoms with Gasteiger partial charge in [-0.25, -0.2) is 0 Å². The maximum atomic E-state index is 11.7. The molecule has 0 aliphatic carbocycles. The molecule has 0 aliphatic heterocycles. The van der Waals surface area contributed by atoms with Gasteiger partial charge in [0.2, 0.25) is 0 Å². The van der Waals surface area contributed by atoms with Crippen LogP contribution in [0.1, 0.15) is 54.7 Å². The Morgan fingerprint density at radius 1 is 0.870 bits per heavy atom. The van der Waals surface area contributed by atoms with E-state index in [1.54, 1.807) is 30.3 Å². The fourth-order valence-corrected chi connectivity index (χ4v) is 2.54. The molecule has 2 aromatic rings. The van der Waals surface area contributed by atoms with Gasteiger partial charge in [0, 0.05) is 42.1 Å². The average Bonchev–Trinajstić information content (AvgIpc) is 3.06. The maximum Gasteiger partial charge on any atom is 1.00 e. The molecular formula is C29H36BrCl2K2NO11.